The molecule has 0 saturated heterocycles. The van der Waals surface area contributed by atoms with E-state index in [1.54, 1.807) is 0 Å². The summed E-state index contributed by atoms with van der Waals surface area (Å²) in [6.07, 6.45) is 3.33. The summed E-state index contributed by atoms with van der Waals surface area (Å²) in [5.41, 5.74) is 1.65. The molecular formula is C14H16ClN5O. The van der Waals surface area contributed by atoms with E-state index in [0.717, 1.165) is 29.9 Å². The molecule has 2 aromatic rings. The first-order chi connectivity index (χ1) is 10.3. The normalized spacial score (nSPS) is 14.1. The van der Waals surface area contributed by atoms with Gasteiger partial charge in [0, 0.05) is 23.6 Å². The van der Waals surface area contributed by atoms with Gasteiger partial charge in [0.15, 0.2) is 5.82 Å². The summed E-state index contributed by atoms with van der Waals surface area (Å²) in [5.74, 6) is 1.20. The quantitative estimate of drug-likeness (QED) is 0.833. The Balaban J connectivity index is 1.76. The van der Waals surface area contributed by atoms with Crippen molar-refractivity contribution in [2.24, 2.45) is 0 Å². The molecule has 3 rings (SSSR count). The first-order valence-electron chi connectivity index (χ1n) is 7.02. The molecule has 0 spiro atoms. The Kier molecular flexibility index (Phi) is 4.15. The van der Waals surface area contributed by atoms with E-state index >= 15 is 0 Å². The average molecular weight is 306 g/mol. The van der Waals surface area contributed by atoms with E-state index in [-0.39, 0.29) is 5.91 Å². The van der Waals surface area contributed by atoms with Crippen molar-refractivity contribution in [2.45, 2.75) is 31.7 Å². The molecule has 6 nitrogen and oxygen atoms in total. The second-order valence-electron chi connectivity index (χ2n) is 5.10. The van der Waals surface area contributed by atoms with E-state index in [4.69, 9.17) is 11.6 Å². The second-order valence-corrected chi connectivity index (χ2v) is 5.48. The number of anilines is 1. The number of tetrazole rings is 1. The Labute approximate surface area is 127 Å². The summed E-state index contributed by atoms with van der Waals surface area (Å²) in [5, 5.41) is 14.7. The summed E-state index contributed by atoms with van der Waals surface area (Å²) >= 11 is 5.59. The lowest BCUT2D eigenvalue weighted by Gasteiger charge is -2.07. The Hall–Kier alpha value is -1.95. The minimum Gasteiger partial charge on any atom is -0.326 e. The Morgan fingerprint density at radius 3 is 3.05 bits per heavy atom. The van der Waals surface area contributed by atoms with Crippen molar-refractivity contribution in [3.63, 3.8) is 0 Å². The molecule has 0 unspecified atom stereocenters. The van der Waals surface area contributed by atoms with Gasteiger partial charge in [-0.25, -0.2) is 4.68 Å². The number of nitrogens with zero attached hydrogens (tertiary/aromatic N) is 4. The molecule has 0 aliphatic heterocycles. The van der Waals surface area contributed by atoms with E-state index in [1.807, 2.05) is 28.9 Å². The molecule has 1 aromatic heterocycles. The molecule has 1 heterocycles. The molecule has 1 fully saturated rings. The third-order valence-electron chi connectivity index (χ3n) is 3.33. The summed E-state index contributed by atoms with van der Waals surface area (Å²) in [4.78, 5) is 11.7. The van der Waals surface area contributed by atoms with Gasteiger partial charge < -0.3 is 5.32 Å². The molecule has 21 heavy (non-hydrogen) atoms. The van der Waals surface area contributed by atoms with E-state index in [9.17, 15) is 4.79 Å². The first-order valence-corrected chi connectivity index (χ1v) is 7.55. The van der Waals surface area contributed by atoms with Crippen molar-refractivity contribution in [3.8, 4) is 11.4 Å². The van der Waals surface area contributed by atoms with Crippen LogP contribution in [0.3, 0.4) is 0 Å². The topological polar surface area (TPSA) is 72.7 Å². The van der Waals surface area contributed by atoms with Crippen LogP contribution in [0.4, 0.5) is 5.69 Å². The Morgan fingerprint density at radius 2 is 2.29 bits per heavy atom. The predicted octanol–water partition coefficient (Wildman–Crippen LogP) is 2.63. The van der Waals surface area contributed by atoms with Crippen molar-refractivity contribution < 1.29 is 4.79 Å². The molecular weight excluding hydrogens is 290 g/mol. The number of hydrogen-bond donors (Lipinski definition) is 1. The maximum absolute atomic E-state index is 11.7. The molecule has 1 aliphatic rings. The summed E-state index contributed by atoms with van der Waals surface area (Å²) < 4.78 is 1.86. The minimum absolute atomic E-state index is 0.0328. The van der Waals surface area contributed by atoms with Gasteiger partial charge in [-0.1, -0.05) is 12.1 Å². The second kappa shape index (κ2) is 6.22. The van der Waals surface area contributed by atoms with E-state index < -0.39 is 0 Å². The van der Waals surface area contributed by atoms with Crippen molar-refractivity contribution in [3.05, 3.63) is 24.3 Å². The number of alkyl halides is 1. The van der Waals surface area contributed by atoms with Crippen LogP contribution in [0, 0.1) is 0 Å². The smallest absolute Gasteiger partial charge is 0.224 e. The fraction of sp³-hybridized carbons (Fsp3) is 0.429. The van der Waals surface area contributed by atoms with Gasteiger partial charge >= 0.3 is 0 Å². The zero-order valence-corrected chi connectivity index (χ0v) is 12.3. The highest BCUT2D eigenvalue weighted by Crippen LogP contribution is 2.36. The SMILES string of the molecule is O=C(CCCCl)Nc1cccc(-c2nnnn2C2CC2)c1. The third-order valence-corrected chi connectivity index (χ3v) is 3.59. The lowest BCUT2D eigenvalue weighted by molar-refractivity contribution is -0.116. The van der Waals surface area contributed by atoms with Crippen molar-refractivity contribution >= 4 is 23.2 Å². The molecule has 110 valence electrons. The van der Waals surface area contributed by atoms with Crippen LogP contribution in [-0.4, -0.2) is 32.0 Å². The van der Waals surface area contributed by atoms with E-state index in [2.05, 4.69) is 20.8 Å². The van der Waals surface area contributed by atoms with Gasteiger partial charge in [-0.15, -0.1) is 16.7 Å². The fourth-order valence-corrected chi connectivity index (χ4v) is 2.27. The van der Waals surface area contributed by atoms with Crippen LogP contribution in [-0.2, 0) is 4.79 Å². The zero-order valence-electron chi connectivity index (χ0n) is 11.5. The predicted molar refractivity (Wildman–Crippen MR) is 80.1 cm³/mol. The fourth-order valence-electron chi connectivity index (χ4n) is 2.14. The Morgan fingerprint density at radius 1 is 1.43 bits per heavy atom. The van der Waals surface area contributed by atoms with Crippen molar-refractivity contribution in [1.29, 1.82) is 0 Å². The number of nitrogens with one attached hydrogen (secondary N) is 1. The van der Waals surface area contributed by atoms with E-state index in [1.165, 1.54) is 0 Å². The number of carbonyl (C=O) groups excluding carboxylic acids is 1. The first kappa shape index (κ1) is 14.0. The molecule has 0 radical (unpaired) electrons. The van der Waals surface area contributed by atoms with Crippen LogP contribution >= 0.6 is 11.6 Å². The van der Waals surface area contributed by atoms with Crippen LogP contribution in [0.5, 0.6) is 0 Å². The summed E-state index contributed by atoms with van der Waals surface area (Å²) in [6, 6.07) is 7.99. The monoisotopic (exact) mass is 305 g/mol. The van der Waals surface area contributed by atoms with Gasteiger partial charge in [-0.05, 0) is 41.8 Å². The third kappa shape index (κ3) is 3.39. The highest BCUT2D eigenvalue weighted by molar-refractivity contribution is 6.18. The molecule has 0 bridgehead atoms. The van der Waals surface area contributed by atoms with Crippen LogP contribution in [0.1, 0.15) is 31.7 Å². The molecule has 1 aliphatic carbocycles. The molecule has 1 N–H and O–H groups in total. The number of rotatable bonds is 6. The van der Waals surface area contributed by atoms with Gasteiger partial charge in [-0.2, -0.15) is 0 Å². The average Bonchev–Trinajstić information content (AvgIpc) is 3.22. The van der Waals surface area contributed by atoms with Crippen molar-refractivity contribution in [1.82, 2.24) is 20.2 Å². The maximum atomic E-state index is 11.7. The van der Waals surface area contributed by atoms with Crippen molar-refractivity contribution in [2.75, 3.05) is 11.2 Å². The molecule has 1 amide bonds. The number of amides is 1. The molecule has 1 saturated carbocycles. The van der Waals surface area contributed by atoms with Crippen LogP contribution < -0.4 is 5.32 Å². The Bertz CT molecular complexity index is 638. The standard InChI is InChI=1S/C14H16ClN5O/c15-8-2-5-13(21)16-11-4-1-3-10(9-11)14-17-18-19-20(14)12-6-7-12/h1,3-4,9,12H,2,5-8H2,(H,16,21). The molecule has 7 heteroatoms. The number of aromatic nitrogens is 4. The molecule has 1 aromatic carbocycles. The van der Waals surface area contributed by atoms with Gasteiger partial charge in [0.1, 0.15) is 0 Å². The van der Waals surface area contributed by atoms with Crippen LogP contribution in [0.15, 0.2) is 24.3 Å². The van der Waals surface area contributed by atoms with Crippen LogP contribution in [0.25, 0.3) is 11.4 Å². The number of hydrogen-bond acceptors (Lipinski definition) is 4. The number of benzene rings is 1. The highest BCUT2D eigenvalue weighted by Gasteiger charge is 2.28. The van der Waals surface area contributed by atoms with Crippen LogP contribution in [0.2, 0.25) is 0 Å². The van der Waals surface area contributed by atoms with Gasteiger partial charge in [-0.3, -0.25) is 4.79 Å². The summed E-state index contributed by atoms with van der Waals surface area (Å²) in [7, 11) is 0. The largest absolute Gasteiger partial charge is 0.326 e. The van der Waals surface area contributed by atoms with E-state index in [0.29, 0.717) is 24.8 Å². The maximum Gasteiger partial charge on any atom is 0.224 e. The van der Waals surface area contributed by atoms with Gasteiger partial charge in [0.2, 0.25) is 5.91 Å². The van der Waals surface area contributed by atoms with Gasteiger partial charge in [0.25, 0.3) is 0 Å². The zero-order chi connectivity index (χ0) is 14.7. The minimum atomic E-state index is -0.0328. The highest BCUT2D eigenvalue weighted by atomic mass is 35.5. The lowest BCUT2D eigenvalue weighted by Crippen LogP contribution is -2.11. The molecule has 0 atom stereocenters. The van der Waals surface area contributed by atoms with Gasteiger partial charge in [0.05, 0.1) is 6.04 Å². The number of carbonyl (C=O) groups is 1. The number of halogens is 1. The summed E-state index contributed by atoms with van der Waals surface area (Å²) in [6.45, 7) is 0. The lowest BCUT2D eigenvalue weighted by atomic mass is 10.2.